The fourth-order valence-corrected chi connectivity index (χ4v) is 3.42. The van der Waals surface area contributed by atoms with Gasteiger partial charge in [0.1, 0.15) is 17.3 Å². The van der Waals surface area contributed by atoms with Crippen LogP contribution >= 0.6 is 0 Å². The summed E-state index contributed by atoms with van der Waals surface area (Å²) in [5, 5.41) is 8.90. The third-order valence-corrected chi connectivity index (χ3v) is 4.86. The molecule has 1 N–H and O–H groups in total. The second-order valence-corrected chi connectivity index (χ2v) is 7.74. The van der Waals surface area contributed by atoms with E-state index in [-0.39, 0.29) is 29.4 Å². The summed E-state index contributed by atoms with van der Waals surface area (Å²) < 4.78 is 35.1. The van der Waals surface area contributed by atoms with Crippen LogP contribution in [0.5, 0.6) is 5.88 Å². The van der Waals surface area contributed by atoms with Gasteiger partial charge in [0.25, 0.3) is 0 Å². The van der Waals surface area contributed by atoms with E-state index in [1.165, 1.54) is 18.3 Å². The number of rotatable bonds is 7. The molecule has 8 heteroatoms. The highest BCUT2D eigenvalue weighted by Crippen LogP contribution is 2.32. The molecule has 0 bridgehead atoms. The van der Waals surface area contributed by atoms with E-state index in [1.54, 1.807) is 11.0 Å². The molecule has 2 aromatic rings. The van der Waals surface area contributed by atoms with Gasteiger partial charge in [-0.2, -0.15) is 4.98 Å². The Morgan fingerprint density at radius 3 is 2.52 bits per heavy atom. The topological polar surface area (TPSA) is 75.5 Å². The lowest BCUT2D eigenvalue weighted by molar-refractivity contribution is -0.138. The number of halogens is 2. The van der Waals surface area contributed by atoms with Crippen molar-refractivity contribution in [3.8, 4) is 17.3 Å². The summed E-state index contributed by atoms with van der Waals surface area (Å²) >= 11 is 0. The highest BCUT2D eigenvalue weighted by atomic mass is 19.1. The molecule has 6 nitrogen and oxygen atoms in total. The molecular formula is C21H25F2N3O3. The summed E-state index contributed by atoms with van der Waals surface area (Å²) in [5.41, 5.74) is 0.147. The van der Waals surface area contributed by atoms with Crippen molar-refractivity contribution in [1.29, 1.82) is 0 Å². The van der Waals surface area contributed by atoms with E-state index >= 15 is 0 Å². The Morgan fingerprint density at radius 2 is 1.93 bits per heavy atom. The van der Waals surface area contributed by atoms with Gasteiger partial charge in [0.2, 0.25) is 5.88 Å². The van der Waals surface area contributed by atoms with Crippen LogP contribution < -0.4 is 9.64 Å². The van der Waals surface area contributed by atoms with E-state index in [0.29, 0.717) is 44.3 Å². The molecule has 0 aliphatic carbocycles. The number of carboxylic acid groups (broad SMARTS) is 1. The van der Waals surface area contributed by atoms with Crippen LogP contribution in [-0.2, 0) is 4.79 Å². The fraction of sp³-hybridized carbons (Fsp3) is 0.476. The predicted molar refractivity (Wildman–Crippen MR) is 105 cm³/mol. The first-order chi connectivity index (χ1) is 13.8. The average molecular weight is 405 g/mol. The lowest BCUT2D eigenvalue weighted by atomic mass is 9.93. The molecule has 2 heterocycles. The number of anilines is 1. The van der Waals surface area contributed by atoms with Crippen LogP contribution in [0.25, 0.3) is 11.4 Å². The fourth-order valence-electron chi connectivity index (χ4n) is 3.42. The Labute approximate surface area is 168 Å². The molecular weight excluding hydrogens is 380 g/mol. The smallest absolute Gasteiger partial charge is 0.303 e. The summed E-state index contributed by atoms with van der Waals surface area (Å²) in [4.78, 5) is 20.8. The first-order valence-electron chi connectivity index (χ1n) is 9.75. The summed E-state index contributed by atoms with van der Waals surface area (Å²) in [5.74, 6) is -1.31. The van der Waals surface area contributed by atoms with Crippen molar-refractivity contribution in [2.45, 2.75) is 33.1 Å². The van der Waals surface area contributed by atoms with Gasteiger partial charge in [-0.15, -0.1) is 0 Å². The van der Waals surface area contributed by atoms with Crippen molar-refractivity contribution >= 4 is 11.7 Å². The molecule has 156 valence electrons. The second-order valence-electron chi connectivity index (χ2n) is 7.74. The maximum atomic E-state index is 14.8. The van der Waals surface area contributed by atoms with E-state index in [2.05, 4.69) is 9.97 Å². The van der Waals surface area contributed by atoms with Crippen LogP contribution in [-0.4, -0.2) is 40.7 Å². The number of nitrogens with zero attached hydrogens (tertiary/aromatic N) is 3. The number of aliphatic carboxylic acids is 1. The maximum absolute atomic E-state index is 14.8. The van der Waals surface area contributed by atoms with Gasteiger partial charge < -0.3 is 14.7 Å². The van der Waals surface area contributed by atoms with Crippen LogP contribution in [0.3, 0.4) is 0 Å². The number of carboxylic acids is 1. The Hall–Kier alpha value is -2.77. The number of ether oxygens (including phenoxy) is 1. The highest BCUT2D eigenvalue weighted by molar-refractivity contribution is 5.67. The van der Waals surface area contributed by atoms with Crippen molar-refractivity contribution in [1.82, 2.24) is 9.97 Å². The second kappa shape index (κ2) is 9.15. The molecule has 1 saturated heterocycles. The lowest BCUT2D eigenvalue weighted by Crippen LogP contribution is -2.35. The van der Waals surface area contributed by atoms with Gasteiger partial charge in [-0.25, -0.2) is 13.8 Å². The monoisotopic (exact) mass is 405 g/mol. The third-order valence-electron chi connectivity index (χ3n) is 4.86. The van der Waals surface area contributed by atoms with Crippen molar-refractivity contribution in [2.24, 2.45) is 11.8 Å². The molecule has 1 aliphatic heterocycles. The summed E-state index contributed by atoms with van der Waals surface area (Å²) in [6, 6.07) is 4.06. The minimum atomic E-state index is -0.843. The minimum absolute atomic E-state index is 0.0381. The number of hydrogen-bond donors (Lipinski definition) is 1. The van der Waals surface area contributed by atoms with Gasteiger partial charge in [-0.05, 0) is 36.8 Å². The quantitative estimate of drug-likeness (QED) is 0.746. The summed E-state index contributed by atoms with van der Waals surface area (Å²) in [7, 11) is 0. The van der Waals surface area contributed by atoms with Crippen molar-refractivity contribution in [3.05, 3.63) is 36.0 Å². The van der Waals surface area contributed by atoms with Crippen molar-refractivity contribution < 1.29 is 23.4 Å². The zero-order valence-electron chi connectivity index (χ0n) is 16.6. The van der Waals surface area contributed by atoms with Crippen LogP contribution in [0, 0.1) is 23.5 Å². The molecule has 0 amide bonds. The lowest BCUT2D eigenvalue weighted by Gasteiger charge is -2.33. The molecule has 1 aromatic heterocycles. The van der Waals surface area contributed by atoms with Gasteiger partial charge >= 0.3 is 5.97 Å². The van der Waals surface area contributed by atoms with E-state index in [9.17, 15) is 13.6 Å². The van der Waals surface area contributed by atoms with E-state index in [4.69, 9.17) is 9.84 Å². The molecule has 1 aliphatic rings. The van der Waals surface area contributed by atoms with Gasteiger partial charge in [-0.1, -0.05) is 13.8 Å². The van der Waals surface area contributed by atoms with E-state index < -0.39 is 17.6 Å². The highest BCUT2D eigenvalue weighted by Gasteiger charge is 2.26. The van der Waals surface area contributed by atoms with Gasteiger partial charge in [0.05, 0.1) is 6.61 Å². The number of benzene rings is 1. The third kappa shape index (κ3) is 5.40. The summed E-state index contributed by atoms with van der Waals surface area (Å²) in [6.45, 7) is 5.34. The number of aromatic nitrogens is 2. The zero-order valence-corrected chi connectivity index (χ0v) is 16.6. The molecule has 1 aromatic carbocycles. The van der Waals surface area contributed by atoms with E-state index in [1.807, 2.05) is 13.8 Å². The largest absolute Gasteiger partial charge is 0.481 e. The SMILES string of the molecule is CC(C)COc1ccnc(-c2cc(F)c(N3CCC(CC(=O)O)CC3)c(F)c2)n1. The molecule has 0 unspecified atom stereocenters. The first kappa shape index (κ1) is 21.0. The molecule has 0 spiro atoms. The van der Waals surface area contributed by atoms with Crippen LogP contribution in [0.4, 0.5) is 14.5 Å². The Balaban J connectivity index is 1.76. The zero-order chi connectivity index (χ0) is 21.0. The van der Waals surface area contributed by atoms with Gasteiger partial charge in [-0.3, -0.25) is 4.79 Å². The van der Waals surface area contributed by atoms with Gasteiger partial charge in [0.15, 0.2) is 5.82 Å². The Morgan fingerprint density at radius 1 is 1.28 bits per heavy atom. The van der Waals surface area contributed by atoms with Crippen molar-refractivity contribution in [3.63, 3.8) is 0 Å². The molecule has 1 fully saturated rings. The normalized spacial score (nSPS) is 15.0. The minimum Gasteiger partial charge on any atom is -0.481 e. The standard InChI is InChI=1S/C21H25F2N3O3/c1-13(2)12-29-18-3-6-24-21(25-18)15-10-16(22)20(17(23)11-15)26-7-4-14(5-8-26)9-19(27)28/h3,6,10-11,13-14H,4-5,7-9,12H2,1-2H3,(H,27,28). The predicted octanol–water partition coefficient (Wildman–Crippen LogP) is 4.15. The number of hydrogen-bond acceptors (Lipinski definition) is 5. The van der Waals surface area contributed by atoms with Crippen LogP contribution in [0.2, 0.25) is 0 Å². The molecule has 0 atom stereocenters. The number of piperidine rings is 1. The average Bonchev–Trinajstić information content (AvgIpc) is 2.67. The Kier molecular flexibility index (Phi) is 6.61. The van der Waals surface area contributed by atoms with Gasteiger partial charge in [0, 0.05) is 37.3 Å². The first-order valence-corrected chi connectivity index (χ1v) is 9.75. The van der Waals surface area contributed by atoms with Crippen molar-refractivity contribution in [2.75, 3.05) is 24.6 Å². The molecule has 0 saturated carbocycles. The van der Waals surface area contributed by atoms with Crippen LogP contribution in [0.1, 0.15) is 33.1 Å². The van der Waals surface area contributed by atoms with E-state index in [0.717, 1.165) is 0 Å². The molecule has 0 radical (unpaired) electrons. The molecule has 29 heavy (non-hydrogen) atoms. The molecule has 3 rings (SSSR count). The Bertz CT molecular complexity index is 845. The van der Waals surface area contributed by atoms with Crippen LogP contribution in [0.15, 0.2) is 24.4 Å². The summed E-state index contributed by atoms with van der Waals surface area (Å²) in [6.07, 6.45) is 2.76. The number of carbonyl (C=O) groups is 1. The maximum Gasteiger partial charge on any atom is 0.303 e.